The molecule has 38 heavy (non-hydrogen) atoms. The number of hydrogen-bond acceptors (Lipinski definition) is 5. The molecule has 208 valence electrons. The van der Waals surface area contributed by atoms with Gasteiger partial charge in [-0.15, -0.1) is 0 Å². The lowest BCUT2D eigenvalue weighted by Gasteiger charge is -2.37. The molecule has 1 saturated carbocycles. The predicted molar refractivity (Wildman–Crippen MR) is 156 cm³/mol. The van der Waals surface area contributed by atoms with Crippen molar-refractivity contribution in [3.63, 3.8) is 0 Å². The summed E-state index contributed by atoms with van der Waals surface area (Å²) in [7, 11) is 2.07. The maximum absolute atomic E-state index is 14.0. The zero-order valence-corrected chi connectivity index (χ0v) is 24.3. The highest BCUT2D eigenvalue weighted by molar-refractivity contribution is 6.03. The van der Waals surface area contributed by atoms with E-state index in [1.807, 2.05) is 37.3 Å². The van der Waals surface area contributed by atoms with Crippen LogP contribution in [0.2, 0.25) is 0 Å². The van der Waals surface area contributed by atoms with Crippen LogP contribution in [0.4, 0.5) is 5.69 Å². The lowest BCUT2D eigenvalue weighted by Crippen LogP contribution is -2.57. The third-order valence-corrected chi connectivity index (χ3v) is 8.22. The zero-order chi connectivity index (χ0) is 27.8. The van der Waals surface area contributed by atoms with Gasteiger partial charge < -0.3 is 15.4 Å². The lowest BCUT2D eigenvalue weighted by atomic mass is 9.86. The SMILES string of the molecule is CCC1(C(=O)N(c2ccc(C(C)(C)C)cc2)C(C=O)c2cccnc2)CCC(C)N1.CNC1CCCCC1. The number of hydrogen-bond donors (Lipinski definition) is 2. The zero-order valence-electron chi connectivity index (χ0n) is 24.3. The predicted octanol–water partition coefficient (Wildman–Crippen LogP) is 6.11. The van der Waals surface area contributed by atoms with Crippen molar-refractivity contribution in [1.82, 2.24) is 15.6 Å². The number of nitrogens with zero attached hydrogens (tertiary/aromatic N) is 2. The van der Waals surface area contributed by atoms with Gasteiger partial charge in [0.25, 0.3) is 0 Å². The second-order valence-electron chi connectivity index (χ2n) is 12.0. The van der Waals surface area contributed by atoms with E-state index in [1.54, 1.807) is 23.4 Å². The second kappa shape index (κ2) is 13.5. The minimum absolute atomic E-state index is 0.00780. The average Bonchev–Trinajstić information content (AvgIpc) is 3.34. The molecule has 0 bridgehead atoms. The summed E-state index contributed by atoms with van der Waals surface area (Å²) < 4.78 is 0. The van der Waals surface area contributed by atoms with Crippen molar-refractivity contribution in [2.24, 2.45) is 0 Å². The first-order chi connectivity index (χ1) is 18.1. The molecule has 1 aromatic heterocycles. The van der Waals surface area contributed by atoms with Gasteiger partial charge in [-0.3, -0.25) is 14.7 Å². The summed E-state index contributed by atoms with van der Waals surface area (Å²) >= 11 is 0. The molecule has 1 aliphatic heterocycles. The van der Waals surface area contributed by atoms with Gasteiger partial charge in [-0.2, -0.15) is 0 Å². The molecule has 3 unspecified atom stereocenters. The van der Waals surface area contributed by atoms with Crippen molar-refractivity contribution in [3.05, 3.63) is 59.9 Å². The van der Waals surface area contributed by atoms with Crippen LogP contribution >= 0.6 is 0 Å². The van der Waals surface area contributed by atoms with Crippen LogP contribution in [0.1, 0.15) is 103 Å². The Hall–Kier alpha value is -2.57. The van der Waals surface area contributed by atoms with E-state index in [-0.39, 0.29) is 17.4 Å². The van der Waals surface area contributed by atoms with Gasteiger partial charge in [0.1, 0.15) is 12.3 Å². The van der Waals surface area contributed by atoms with Crippen molar-refractivity contribution in [3.8, 4) is 0 Å². The Morgan fingerprint density at radius 2 is 1.84 bits per heavy atom. The van der Waals surface area contributed by atoms with Gasteiger partial charge in [-0.1, -0.05) is 65.2 Å². The van der Waals surface area contributed by atoms with Crippen LogP contribution in [-0.2, 0) is 15.0 Å². The summed E-state index contributed by atoms with van der Waals surface area (Å²) in [5.41, 5.74) is 1.96. The molecule has 1 aliphatic carbocycles. The standard InChI is InChI=1S/C25H33N3O2.C7H15N/c1-6-25(14-13-18(2)27-25)23(30)28(22(17-29)19-8-7-15-26-16-19)21-11-9-20(10-12-21)24(3,4)5;1-8-7-5-3-2-4-6-7/h7-12,15-18,22,27H,6,13-14H2,1-5H3;7-8H,2-6H2,1H3. The lowest BCUT2D eigenvalue weighted by molar-refractivity contribution is -0.126. The number of amides is 1. The average molecular weight is 521 g/mol. The number of anilines is 1. The molecule has 6 nitrogen and oxygen atoms in total. The number of aromatic nitrogens is 1. The second-order valence-corrected chi connectivity index (χ2v) is 12.0. The van der Waals surface area contributed by atoms with Crippen LogP contribution in [0, 0.1) is 0 Å². The number of aldehydes is 1. The summed E-state index contributed by atoms with van der Waals surface area (Å²) in [5, 5.41) is 6.81. The molecule has 2 N–H and O–H groups in total. The normalized spacial score (nSPS) is 22.7. The van der Waals surface area contributed by atoms with Gasteiger partial charge in [0.05, 0.1) is 5.54 Å². The Balaban J connectivity index is 0.000000427. The van der Waals surface area contributed by atoms with Gasteiger partial charge in [0, 0.05) is 35.7 Å². The van der Waals surface area contributed by atoms with E-state index in [9.17, 15) is 9.59 Å². The summed E-state index contributed by atoms with van der Waals surface area (Å²) in [6, 6.07) is 12.0. The molecular weight excluding hydrogens is 472 g/mol. The van der Waals surface area contributed by atoms with Crippen molar-refractivity contribution in [2.45, 2.75) is 115 Å². The molecule has 6 heteroatoms. The third-order valence-electron chi connectivity index (χ3n) is 8.22. The quantitative estimate of drug-likeness (QED) is 0.431. The molecule has 2 heterocycles. The molecule has 0 spiro atoms. The van der Waals surface area contributed by atoms with E-state index < -0.39 is 11.6 Å². The van der Waals surface area contributed by atoms with Crippen LogP contribution in [-0.4, -0.2) is 41.8 Å². The van der Waals surface area contributed by atoms with Crippen LogP contribution in [0.3, 0.4) is 0 Å². The number of pyridine rings is 1. The van der Waals surface area contributed by atoms with Gasteiger partial charge >= 0.3 is 0 Å². The maximum Gasteiger partial charge on any atom is 0.248 e. The summed E-state index contributed by atoms with van der Waals surface area (Å²) in [6.07, 6.45) is 13.7. The Bertz CT molecular complexity index is 1010. The third kappa shape index (κ3) is 7.29. The minimum atomic E-state index is -0.729. The molecule has 0 radical (unpaired) electrons. The number of nitrogens with one attached hydrogen (secondary N) is 2. The summed E-state index contributed by atoms with van der Waals surface area (Å²) in [4.78, 5) is 32.1. The highest BCUT2D eigenvalue weighted by Gasteiger charge is 2.46. The fraction of sp³-hybridized carbons (Fsp3) is 0.594. The molecule has 1 saturated heterocycles. The van der Waals surface area contributed by atoms with Gasteiger partial charge in [0.15, 0.2) is 0 Å². The first-order valence-electron chi connectivity index (χ1n) is 14.4. The van der Waals surface area contributed by atoms with Gasteiger partial charge in [0.2, 0.25) is 5.91 Å². The van der Waals surface area contributed by atoms with Crippen LogP contribution < -0.4 is 15.5 Å². The Labute approximate surface area is 230 Å². The number of rotatable bonds is 7. The Morgan fingerprint density at radius 1 is 1.16 bits per heavy atom. The summed E-state index contributed by atoms with van der Waals surface area (Å²) in [6.45, 7) is 10.6. The van der Waals surface area contributed by atoms with E-state index in [2.05, 4.69) is 50.4 Å². The largest absolute Gasteiger partial charge is 0.317 e. The molecule has 4 rings (SSSR count). The number of carbonyl (C=O) groups excluding carboxylic acids is 2. The molecule has 1 aromatic carbocycles. The molecule has 3 atom stereocenters. The summed E-state index contributed by atoms with van der Waals surface area (Å²) in [5.74, 6) is -0.0567. The van der Waals surface area contributed by atoms with E-state index >= 15 is 0 Å². The minimum Gasteiger partial charge on any atom is -0.317 e. The molecule has 2 fully saturated rings. The van der Waals surface area contributed by atoms with E-state index in [0.29, 0.717) is 12.0 Å². The van der Waals surface area contributed by atoms with Gasteiger partial charge in [-0.05, 0) is 75.3 Å². The monoisotopic (exact) mass is 520 g/mol. The fourth-order valence-electron chi connectivity index (χ4n) is 5.67. The van der Waals surface area contributed by atoms with Gasteiger partial charge in [-0.25, -0.2) is 0 Å². The van der Waals surface area contributed by atoms with Crippen molar-refractivity contribution >= 4 is 17.9 Å². The molecule has 1 amide bonds. The Kier molecular flexibility index (Phi) is 10.6. The molecular formula is C32H48N4O2. The fourth-order valence-corrected chi connectivity index (χ4v) is 5.67. The molecule has 2 aromatic rings. The van der Waals surface area contributed by atoms with Crippen molar-refractivity contribution in [2.75, 3.05) is 11.9 Å². The topological polar surface area (TPSA) is 74.3 Å². The van der Waals surface area contributed by atoms with E-state index in [1.165, 1.54) is 37.7 Å². The first-order valence-corrected chi connectivity index (χ1v) is 14.4. The highest BCUT2D eigenvalue weighted by atomic mass is 16.2. The number of carbonyl (C=O) groups is 2. The smallest absolute Gasteiger partial charge is 0.248 e. The van der Waals surface area contributed by atoms with Crippen molar-refractivity contribution < 1.29 is 9.59 Å². The number of benzene rings is 1. The highest BCUT2D eigenvalue weighted by Crippen LogP contribution is 2.35. The van der Waals surface area contributed by atoms with E-state index in [4.69, 9.17) is 0 Å². The van der Waals surface area contributed by atoms with E-state index in [0.717, 1.165) is 30.9 Å². The van der Waals surface area contributed by atoms with Crippen LogP contribution in [0.15, 0.2) is 48.8 Å². The molecule has 2 aliphatic rings. The van der Waals surface area contributed by atoms with Crippen LogP contribution in [0.5, 0.6) is 0 Å². The maximum atomic E-state index is 14.0. The first kappa shape index (κ1) is 30.0. The van der Waals surface area contributed by atoms with Crippen molar-refractivity contribution in [1.29, 1.82) is 0 Å². The Morgan fingerprint density at radius 3 is 2.29 bits per heavy atom. The van der Waals surface area contributed by atoms with Crippen LogP contribution in [0.25, 0.3) is 0 Å².